The molecule has 0 aromatic heterocycles. The molecule has 0 aliphatic rings. The van der Waals surface area contributed by atoms with Crippen molar-refractivity contribution in [3.05, 3.63) is 0 Å². The highest BCUT2D eigenvalue weighted by atomic mass is 16.1. The summed E-state index contributed by atoms with van der Waals surface area (Å²) in [4.78, 5) is 11.4. The van der Waals surface area contributed by atoms with Gasteiger partial charge < -0.3 is 11.1 Å². The Morgan fingerprint density at radius 3 is 2.69 bits per heavy atom. The standard InChI is InChI=1S/C10H22N2O/c1-3-8-12-10(13)9(2)6-4-5-7-11/h9H,3-8,11H2,1-2H3,(H,12,13)/t9-/m1/s1. The van der Waals surface area contributed by atoms with Gasteiger partial charge in [-0.05, 0) is 25.8 Å². The second-order valence-corrected chi connectivity index (χ2v) is 3.48. The van der Waals surface area contributed by atoms with Gasteiger partial charge in [0.05, 0.1) is 0 Å². The molecule has 0 rings (SSSR count). The molecule has 0 fully saturated rings. The quantitative estimate of drug-likeness (QED) is 0.588. The number of hydrogen-bond donors (Lipinski definition) is 2. The molecular formula is C10H22N2O. The highest BCUT2D eigenvalue weighted by Gasteiger charge is 2.10. The Morgan fingerprint density at radius 1 is 1.46 bits per heavy atom. The summed E-state index contributed by atoms with van der Waals surface area (Å²) in [5.74, 6) is 0.317. The Bertz CT molecular complexity index is 137. The van der Waals surface area contributed by atoms with Crippen LogP contribution in [0.4, 0.5) is 0 Å². The smallest absolute Gasteiger partial charge is 0.222 e. The van der Waals surface area contributed by atoms with Crippen molar-refractivity contribution in [2.75, 3.05) is 13.1 Å². The molecule has 3 heteroatoms. The first-order valence-corrected chi connectivity index (χ1v) is 5.20. The zero-order valence-electron chi connectivity index (χ0n) is 8.81. The van der Waals surface area contributed by atoms with Crippen LogP contribution >= 0.6 is 0 Å². The van der Waals surface area contributed by atoms with Crippen LogP contribution in [0.1, 0.15) is 39.5 Å². The molecule has 0 aliphatic carbocycles. The number of unbranched alkanes of at least 4 members (excludes halogenated alkanes) is 1. The van der Waals surface area contributed by atoms with Gasteiger partial charge in [0.15, 0.2) is 0 Å². The van der Waals surface area contributed by atoms with Gasteiger partial charge in [0.1, 0.15) is 0 Å². The summed E-state index contributed by atoms with van der Waals surface area (Å²) in [6, 6.07) is 0. The molecule has 1 atom stereocenters. The average molecular weight is 186 g/mol. The fourth-order valence-corrected chi connectivity index (χ4v) is 1.15. The fourth-order valence-electron chi connectivity index (χ4n) is 1.15. The van der Waals surface area contributed by atoms with Gasteiger partial charge in [-0.1, -0.05) is 20.3 Å². The molecule has 0 aliphatic heterocycles. The fraction of sp³-hybridized carbons (Fsp3) is 0.900. The van der Waals surface area contributed by atoms with Crippen molar-refractivity contribution < 1.29 is 4.79 Å². The molecule has 0 spiro atoms. The third-order valence-electron chi connectivity index (χ3n) is 2.09. The predicted octanol–water partition coefficient (Wildman–Crippen LogP) is 1.28. The zero-order valence-corrected chi connectivity index (χ0v) is 8.81. The molecule has 0 saturated heterocycles. The molecule has 13 heavy (non-hydrogen) atoms. The number of carbonyl (C=O) groups is 1. The Labute approximate surface area is 81.1 Å². The Hall–Kier alpha value is -0.570. The maximum absolute atomic E-state index is 11.4. The molecule has 0 aromatic carbocycles. The highest BCUT2D eigenvalue weighted by molar-refractivity contribution is 5.78. The van der Waals surface area contributed by atoms with E-state index in [1.165, 1.54) is 0 Å². The van der Waals surface area contributed by atoms with E-state index < -0.39 is 0 Å². The van der Waals surface area contributed by atoms with E-state index in [9.17, 15) is 4.79 Å². The van der Waals surface area contributed by atoms with E-state index in [1.54, 1.807) is 0 Å². The Balaban J connectivity index is 3.45. The lowest BCUT2D eigenvalue weighted by Crippen LogP contribution is -2.29. The lowest BCUT2D eigenvalue weighted by molar-refractivity contribution is -0.124. The molecule has 0 aromatic rings. The van der Waals surface area contributed by atoms with Crippen LogP contribution in [0.3, 0.4) is 0 Å². The number of nitrogens with two attached hydrogens (primary N) is 1. The van der Waals surface area contributed by atoms with E-state index in [4.69, 9.17) is 5.73 Å². The van der Waals surface area contributed by atoms with Crippen LogP contribution in [-0.2, 0) is 4.79 Å². The highest BCUT2D eigenvalue weighted by Crippen LogP contribution is 2.06. The number of hydrogen-bond acceptors (Lipinski definition) is 2. The second kappa shape index (κ2) is 8.05. The third kappa shape index (κ3) is 6.58. The van der Waals surface area contributed by atoms with Crippen molar-refractivity contribution in [3.8, 4) is 0 Å². The molecule has 3 N–H and O–H groups in total. The van der Waals surface area contributed by atoms with Crippen LogP contribution in [0, 0.1) is 5.92 Å². The molecular weight excluding hydrogens is 164 g/mol. The first kappa shape index (κ1) is 12.4. The van der Waals surface area contributed by atoms with Gasteiger partial charge in [-0.2, -0.15) is 0 Å². The van der Waals surface area contributed by atoms with E-state index >= 15 is 0 Å². The summed E-state index contributed by atoms with van der Waals surface area (Å²) in [6.45, 7) is 5.55. The average Bonchev–Trinajstić information content (AvgIpc) is 2.14. The summed E-state index contributed by atoms with van der Waals surface area (Å²) in [5.41, 5.74) is 5.37. The monoisotopic (exact) mass is 186 g/mol. The minimum Gasteiger partial charge on any atom is -0.356 e. The van der Waals surface area contributed by atoms with Crippen molar-refractivity contribution in [3.63, 3.8) is 0 Å². The van der Waals surface area contributed by atoms with Crippen LogP contribution in [0.25, 0.3) is 0 Å². The van der Waals surface area contributed by atoms with E-state index in [0.29, 0.717) is 0 Å². The molecule has 0 saturated carbocycles. The van der Waals surface area contributed by atoms with Crippen molar-refractivity contribution in [1.82, 2.24) is 5.32 Å². The van der Waals surface area contributed by atoms with Crippen LogP contribution in [0.2, 0.25) is 0 Å². The summed E-state index contributed by atoms with van der Waals surface area (Å²) < 4.78 is 0. The van der Waals surface area contributed by atoms with Crippen molar-refractivity contribution in [2.45, 2.75) is 39.5 Å². The summed E-state index contributed by atoms with van der Waals surface area (Å²) in [6.07, 6.45) is 4.02. The summed E-state index contributed by atoms with van der Waals surface area (Å²) >= 11 is 0. The molecule has 0 bridgehead atoms. The molecule has 1 amide bonds. The lowest BCUT2D eigenvalue weighted by Gasteiger charge is -2.10. The third-order valence-corrected chi connectivity index (χ3v) is 2.09. The summed E-state index contributed by atoms with van der Waals surface area (Å²) in [7, 11) is 0. The maximum Gasteiger partial charge on any atom is 0.222 e. The van der Waals surface area contributed by atoms with Crippen LogP contribution < -0.4 is 11.1 Å². The largest absolute Gasteiger partial charge is 0.356 e. The number of rotatable bonds is 7. The van der Waals surface area contributed by atoms with Gasteiger partial charge >= 0.3 is 0 Å². The molecule has 78 valence electrons. The predicted molar refractivity (Wildman–Crippen MR) is 55.4 cm³/mol. The number of nitrogens with one attached hydrogen (secondary N) is 1. The minimum atomic E-state index is 0.137. The number of carbonyl (C=O) groups excluding carboxylic acids is 1. The molecule has 3 nitrogen and oxygen atoms in total. The Kier molecular flexibility index (Phi) is 7.69. The zero-order chi connectivity index (χ0) is 10.1. The first-order valence-electron chi connectivity index (χ1n) is 5.20. The van der Waals surface area contributed by atoms with Gasteiger partial charge in [-0.15, -0.1) is 0 Å². The van der Waals surface area contributed by atoms with Crippen molar-refractivity contribution in [2.24, 2.45) is 11.7 Å². The minimum absolute atomic E-state index is 0.137. The normalized spacial score (nSPS) is 12.5. The maximum atomic E-state index is 11.4. The Morgan fingerprint density at radius 2 is 2.15 bits per heavy atom. The van der Waals surface area contributed by atoms with Crippen molar-refractivity contribution in [1.29, 1.82) is 0 Å². The van der Waals surface area contributed by atoms with E-state index in [1.807, 2.05) is 6.92 Å². The SMILES string of the molecule is CCCNC(=O)[C@H](C)CCCCN. The first-order chi connectivity index (χ1) is 6.22. The van der Waals surface area contributed by atoms with Gasteiger partial charge in [0.25, 0.3) is 0 Å². The van der Waals surface area contributed by atoms with Gasteiger partial charge in [-0.25, -0.2) is 0 Å². The van der Waals surface area contributed by atoms with Gasteiger partial charge in [0.2, 0.25) is 5.91 Å². The number of amides is 1. The topological polar surface area (TPSA) is 55.1 Å². The van der Waals surface area contributed by atoms with Crippen molar-refractivity contribution >= 4 is 5.91 Å². The van der Waals surface area contributed by atoms with Crippen LogP contribution in [-0.4, -0.2) is 19.0 Å². The van der Waals surface area contributed by atoms with Gasteiger partial charge in [-0.3, -0.25) is 4.79 Å². The van der Waals surface area contributed by atoms with E-state index in [0.717, 1.165) is 38.8 Å². The van der Waals surface area contributed by atoms with Gasteiger partial charge in [0, 0.05) is 12.5 Å². The van der Waals surface area contributed by atoms with Crippen LogP contribution in [0.5, 0.6) is 0 Å². The molecule has 0 heterocycles. The molecule has 0 radical (unpaired) electrons. The molecule has 0 unspecified atom stereocenters. The van der Waals surface area contributed by atoms with Crippen LogP contribution in [0.15, 0.2) is 0 Å². The van der Waals surface area contributed by atoms with E-state index in [2.05, 4.69) is 12.2 Å². The second-order valence-electron chi connectivity index (χ2n) is 3.48. The van der Waals surface area contributed by atoms with E-state index in [-0.39, 0.29) is 11.8 Å². The lowest BCUT2D eigenvalue weighted by atomic mass is 10.0. The summed E-state index contributed by atoms with van der Waals surface area (Å²) in [5, 5.41) is 2.89.